The zero-order valence-corrected chi connectivity index (χ0v) is 40.7. The van der Waals surface area contributed by atoms with E-state index in [4.69, 9.17) is 5.73 Å². The molecular weight excluding hydrogens is 939 g/mol. The first kappa shape index (κ1) is 48.0. The number of hydrogen-bond acceptors (Lipinski definition) is 9. The van der Waals surface area contributed by atoms with Gasteiger partial charge in [0.2, 0.25) is 35.4 Å². The van der Waals surface area contributed by atoms with Gasteiger partial charge < -0.3 is 46.5 Å². The number of benzene rings is 5. The second-order valence-electron chi connectivity index (χ2n) is 20.2. The molecule has 6 heterocycles. The van der Waals surface area contributed by atoms with Crippen molar-refractivity contribution in [1.82, 2.24) is 35.6 Å². The van der Waals surface area contributed by atoms with Crippen LogP contribution in [0.3, 0.4) is 0 Å². The molecule has 3 fully saturated rings. The van der Waals surface area contributed by atoms with E-state index in [0.717, 1.165) is 27.6 Å². The maximum atomic E-state index is 15.4. The van der Waals surface area contributed by atoms with Crippen molar-refractivity contribution >= 4 is 57.9 Å². The van der Waals surface area contributed by atoms with Gasteiger partial charge in [-0.2, -0.15) is 0 Å². The molecule has 378 valence electrons. The highest BCUT2D eigenvalue weighted by molar-refractivity contribution is 6.08. The fourth-order valence-electron chi connectivity index (χ4n) is 12.1. The van der Waals surface area contributed by atoms with E-state index < -0.39 is 89.4 Å². The van der Waals surface area contributed by atoms with Crippen molar-refractivity contribution in [3.05, 3.63) is 167 Å². The summed E-state index contributed by atoms with van der Waals surface area (Å²) < 4.78 is 2.08. The minimum atomic E-state index is -1.26. The van der Waals surface area contributed by atoms with Crippen LogP contribution in [0.2, 0.25) is 0 Å². The Labute approximate surface area is 427 Å². The lowest BCUT2D eigenvalue weighted by Crippen LogP contribution is -2.68. The number of rotatable bonds is 6. The summed E-state index contributed by atoms with van der Waals surface area (Å²) in [6.45, 7) is 1.71. The number of aromatic nitrogens is 1. The standard InChI is InChI=1S/C57H57N9O8/c1-33-49(68)62-44-31-57(40-18-9-11-20-46(40)65-55(74)48(66(54(44)73)56(57)65)29-35-15-6-3-7-16-35)64-32-37(39-17-8-10-19-45(39)64)30-41(58)50(69)61-43(28-34-13-4-2-5-14-34)53(72)63-26-12-21-47(63)52(71)60-42(51(70)59-33)27-36-22-24-38(67)25-23-36/h2-11,13-20,22-25,32-33,41-44,47-48,56,67H,12,21,26-31,58H2,1H3,(H,59,70)(H,60,71)(H,61,69)(H,62,68). The van der Waals surface area contributed by atoms with E-state index in [2.05, 4.69) is 25.8 Å². The van der Waals surface area contributed by atoms with Crippen LogP contribution < -0.4 is 31.9 Å². The first-order valence-electron chi connectivity index (χ1n) is 25.3. The van der Waals surface area contributed by atoms with Crippen LogP contribution in [0, 0.1) is 0 Å². The molecule has 9 atom stereocenters. The van der Waals surface area contributed by atoms with Crippen molar-refractivity contribution in [3.63, 3.8) is 0 Å². The summed E-state index contributed by atoms with van der Waals surface area (Å²) in [6.07, 6.45) is 2.10. The number of anilines is 1. The molecule has 0 radical (unpaired) electrons. The predicted molar refractivity (Wildman–Crippen MR) is 274 cm³/mol. The van der Waals surface area contributed by atoms with E-state index >= 15 is 9.59 Å². The van der Waals surface area contributed by atoms with Gasteiger partial charge in [-0.3, -0.25) is 38.5 Å². The molecular formula is C57H57N9O8. The molecule has 17 heteroatoms. The molecule has 9 unspecified atom stereocenters. The minimum Gasteiger partial charge on any atom is -0.508 e. The number of carbonyl (C=O) groups excluding carboxylic acids is 7. The Balaban J connectivity index is 1.04. The Morgan fingerprint density at radius 1 is 0.635 bits per heavy atom. The Bertz CT molecular complexity index is 3200. The van der Waals surface area contributed by atoms with Crippen molar-refractivity contribution in [2.45, 2.75) is 106 Å². The summed E-state index contributed by atoms with van der Waals surface area (Å²) in [6, 6.07) is 32.1. The van der Waals surface area contributed by atoms with E-state index in [1.807, 2.05) is 115 Å². The number of carbonyl (C=O) groups is 7. The zero-order chi connectivity index (χ0) is 51.4. The third-order valence-electron chi connectivity index (χ3n) is 15.6. The number of fused-ring (bicyclic) bond motifs is 9. The summed E-state index contributed by atoms with van der Waals surface area (Å²) in [7, 11) is 0. The molecule has 1 aromatic heterocycles. The van der Waals surface area contributed by atoms with Gasteiger partial charge in [0, 0.05) is 54.9 Å². The molecule has 0 saturated carbocycles. The molecule has 6 aromatic rings. The van der Waals surface area contributed by atoms with Gasteiger partial charge in [0.1, 0.15) is 53.7 Å². The molecule has 4 bridgehead atoms. The number of aromatic hydroxyl groups is 1. The molecule has 74 heavy (non-hydrogen) atoms. The van der Waals surface area contributed by atoms with Crippen molar-refractivity contribution in [2.75, 3.05) is 11.4 Å². The van der Waals surface area contributed by atoms with Crippen LogP contribution in [-0.2, 0) is 64.8 Å². The summed E-state index contributed by atoms with van der Waals surface area (Å²) in [5, 5.41) is 22.5. The number of hydrogen-bond donors (Lipinski definition) is 6. The molecule has 11 rings (SSSR count). The van der Waals surface area contributed by atoms with Crippen LogP contribution in [0.4, 0.5) is 5.69 Å². The second-order valence-corrected chi connectivity index (χ2v) is 20.2. The van der Waals surface area contributed by atoms with Crippen LogP contribution in [-0.4, -0.2) is 116 Å². The number of nitrogens with one attached hydrogen (secondary N) is 4. The molecule has 5 aliphatic heterocycles. The normalized spacial score (nSPS) is 27.3. The van der Waals surface area contributed by atoms with Gasteiger partial charge in [0.25, 0.3) is 5.91 Å². The van der Waals surface area contributed by atoms with E-state index in [1.165, 1.54) is 24.0 Å². The lowest BCUT2D eigenvalue weighted by Gasteiger charge is -2.49. The molecule has 0 aliphatic carbocycles. The second kappa shape index (κ2) is 19.3. The maximum Gasteiger partial charge on any atom is 0.252 e. The monoisotopic (exact) mass is 995 g/mol. The highest BCUT2D eigenvalue weighted by Gasteiger charge is 2.68. The van der Waals surface area contributed by atoms with E-state index in [0.29, 0.717) is 23.2 Å². The van der Waals surface area contributed by atoms with Gasteiger partial charge in [0.05, 0.1) is 11.7 Å². The molecule has 1 spiro atoms. The van der Waals surface area contributed by atoms with E-state index in [1.54, 1.807) is 21.9 Å². The Hall–Kier alpha value is -8.31. The largest absolute Gasteiger partial charge is 0.508 e. The summed E-state index contributed by atoms with van der Waals surface area (Å²) >= 11 is 0. The number of piperidine rings is 1. The first-order valence-corrected chi connectivity index (χ1v) is 25.3. The van der Waals surface area contributed by atoms with Gasteiger partial charge in [-0.15, -0.1) is 0 Å². The van der Waals surface area contributed by atoms with Gasteiger partial charge in [-0.1, -0.05) is 109 Å². The summed E-state index contributed by atoms with van der Waals surface area (Å²) in [4.78, 5) is 108. The summed E-state index contributed by atoms with van der Waals surface area (Å²) in [5.74, 6) is -3.80. The van der Waals surface area contributed by atoms with E-state index in [-0.39, 0.29) is 56.7 Å². The van der Waals surface area contributed by atoms with Gasteiger partial charge in [-0.05, 0) is 72.7 Å². The molecule has 7 amide bonds. The SMILES string of the molecule is CC1NC(=O)C(Cc2ccc(O)cc2)NC(=O)C2CCCN2C(=O)C(Cc2ccccc2)NC(=O)C(N)Cc2cn(c3ccccc23)C23CC(NC1=O)C(=O)N1C(Cc4ccccc4)C(=O)N(c4ccccc42)C13. The smallest absolute Gasteiger partial charge is 0.252 e. The fourth-order valence-corrected chi connectivity index (χ4v) is 12.1. The third-order valence-corrected chi connectivity index (χ3v) is 15.6. The quantitative estimate of drug-likeness (QED) is 0.144. The van der Waals surface area contributed by atoms with Crippen LogP contribution in [0.1, 0.15) is 54.0 Å². The number of nitrogens with two attached hydrogens (primary N) is 1. The van der Waals surface area contributed by atoms with Crippen molar-refractivity contribution in [1.29, 1.82) is 0 Å². The Kier molecular flexibility index (Phi) is 12.5. The van der Waals surface area contributed by atoms with Crippen molar-refractivity contribution in [3.8, 4) is 5.75 Å². The number of nitrogens with zero attached hydrogens (tertiary/aromatic N) is 4. The molecule has 17 nitrogen and oxygen atoms in total. The number of phenols is 1. The van der Waals surface area contributed by atoms with Crippen LogP contribution in [0.5, 0.6) is 5.75 Å². The highest BCUT2D eigenvalue weighted by Crippen LogP contribution is 2.57. The lowest BCUT2D eigenvalue weighted by molar-refractivity contribution is -0.147. The van der Waals surface area contributed by atoms with E-state index in [9.17, 15) is 29.1 Å². The fraction of sp³-hybridized carbons (Fsp3) is 0.316. The molecule has 7 N–H and O–H groups in total. The third kappa shape index (κ3) is 8.39. The maximum absolute atomic E-state index is 15.4. The lowest BCUT2D eigenvalue weighted by atomic mass is 9.78. The van der Waals surface area contributed by atoms with Crippen molar-refractivity contribution < 1.29 is 38.7 Å². The molecule has 5 aliphatic rings. The predicted octanol–water partition coefficient (Wildman–Crippen LogP) is 2.94. The minimum absolute atomic E-state index is 0.00234. The molecule has 3 saturated heterocycles. The summed E-state index contributed by atoms with van der Waals surface area (Å²) in [5.41, 5.74) is 10.7. The van der Waals surface area contributed by atoms with Crippen LogP contribution >= 0.6 is 0 Å². The van der Waals surface area contributed by atoms with Crippen molar-refractivity contribution in [2.24, 2.45) is 5.73 Å². The zero-order valence-electron chi connectivity index (χ0n) is 40.7. The first-order chi connectivity index (χ1) is 35.8. The Morgan fingerprint density at radius 2 is 1.27 bits per heavy atom. The average Bonchev–Trinajstić information content (AvgIpc) is 4.24. The highest BCUT2D eigenvalue weighted by atomic mass is 16.3. The van der Waals surface area contributed by atoms with Gasteiger partial charge >= 0.3 is 0 Å². The van der Waals surface area contributed by atoms with Crippen LogP contribution in [0.25, 0.3) is 10.9 Å². The average molecular weight is 996 g/mol. The number of amides is 7. The topological polar surface area (TPSA) is 229 Å². The van der Waals surface area contributed by atoms with Gasteiger partial charge in [-0.25, -0.2) is 0 Å². The van der Waals surface area contributed by atoms with Gasteiger partial charge in [0.15, 0.2) is 0 Å². The number of phenolic OH excluding ortho intramolecular Hbond substituents is 1. The van der Waals surface area contributed by atoms with Crippen LogP contribution in [0.15, 0.2) is 140 Å². The Morgan fingerprint density at radius 3 is 2.01 bits per heavy atom. The number of para-hydroxylation sites is 2. The molecule has 5 aromatic carbocycles.